The number of halogens is 6. The third-order valence-electron chi connectivity index (χ3n) is 4.99. The van der Waals surface area contributed by atoms with Crippen molar-refractivity contribution in [1.29, 1.82) is 0 Å². The van der Waals surface area contributed by atoms with Crippen LogP contribution >= 0.6 is 0 Å². The highest BCUT2D eigenvalue weighted by atomic mass is 19.4. The molecular weight excluding hydrogens is 432 g/mol. The van der Waals surface area contributed by atoms with Crippen LogP contribution < -0.4 is 9.64 Å². The van der Waals surface area contributed by atoms with Crippen molar-refractivity contribution in [2.24, 2.45) is 0 Å². The van der Waals surface area contributed by atoms with Gasteiger partial charge in [0.05, 0.1) is 11.1 Å². The standard InChI is InChI=1S/C24H21F6NO/c1-31(20-11-7-18(8-12-20)23(25,26)27)16-15-22(17-5-3-2-4-6-17)32-21-13-9-19(10-14-21)24(28,29)30/h2-14,22H,15-16H2,1H3. The van der Waals surface area contributed by atoms with Crippen molar-refractivity contribution in [2.45, 2.75) is 24.9 Å². The van der Waals surface area contributed by atoms with E-state index in [1.165, 1.54) is 24.3 Å². The second kappa shape index (κ2) is 9.54. The quantitative estimate of drug-likeness (QED) is 0.346. The van der Waals surface area contributed by atoms with Crippen molar-refractivity contribution in [3.05, 3.63) is 95.6 Å². The molecule has 0 N–H and O–H groups in total. The van der Waals surface area contributed by atoms with Crippen molar-refractivity contribution in [3.63, 3.8) is 0 Å². The third-order valence-corrected chi connectivity index (χ3v) is 4.99. The second-order valence-electron chi connectivity index (χ2n) is 7.29. The Hall–Kier alpha value is -3.16. The molecule has 8 heteroatoms. The Morgan fingerprint density at radius 2 is 1.22 bits per heavy atom. The van der Waals surface area contributed by atoms with Crippen LogP contribution in [0.4, 0.5) is 32.0 Å². The maximum Gasteiger partial charge on any atom is 0.416 e. The molecule has 0 amide bonds. The summed E-state index contributed by atoms with van der Waals surface area (Å²) in [6.45, 7) is 0.450. The molecule has 0 aromatic heterocycles. The predicted molar refractivity (Wildman–Crippen MR) is 111 cm³/mol. The summed E-state index contributed by atoms with van der Waals surface area (Å²) in [5, 5.41) is 0. The third kappa shape index (κ3) is 6.18. The lowest BCUT2D eigenvalue weighted by Crippen LogP contribution is -2.22. The molecule has 0 bridgehead atoms. The van der Waals surface area contributed by atoms with Gasteiger partial charge in [-0.1, -0.05) is 30.3 Å². The summed E-state index contributed by atoms with van der Waals surface area (Å²) in [4.78, 5) is 1.80. The lowest BCUT2D eigenvalue weighted by Gasteiger charge is -2.25. The van der Waals surface area contributed by atoms with Crippen LogP contribution in [0.5, 0.6) is 5.75 Å². The van der Waals surface area contributed by atoms with Crippen LogP contribution in [0.15, 0.2) is 78.9 Å². The van der Waals surface area contributed by atoms with Crippen LogP contribution in [0.25, 0.3) is 0 Å². The van der Waals surface area contributed by atoms with Crippen LogP contribution in [0.1, 0.15) is 29.2 Å². The van der Waals surface area contributed by atoms with E-state index >= 15 is 0 Å². The summed E-state index contributed by atoms with van der Waals surface area (Å²) < 4.78 is 82.7. The molecule has 0 aliphatic heterocycles. The molecule has 2 nitrogen and oxygen atoms in total. The molecule has 0 saturated heterocycles. The first kappa shape index (κ1) is 23.5. The number of rotatable bonds is 7. The van der Waals surface area contributed by atoms with Gasteiger partial charge in [0.1, 0.15) is 11.9 Å². The fourth-order valence-corrected chi connectivity index (χ4v) is 3.19. The van der Waals surface area contributed by atoms with Crippen LogP contribution in [-0.2, 0) is 12.4 Å². The number of anilines is 1. The fraction of sp³-hybridized carbons (Fsp3) is 0.250. The molecule has 0 fully saturated rings. The van der Waals surface area contributed by atoms with Gasteiger partial charge in [0.25, 0.3) is 0 Å². The van der Waals surface area contributed by atoms with E-state index in [0.29, 0.717) is 24.4 Å². The number of benzene rings is 3. The number of hydrogen-bond acceptors (Lipinski definition) is 2. The van der Waals surface area contributed by atoms with E-state index in [2.05, 4.69) is 0 Å². The molecule has 3 aromatic rings. The maximum atomic E-state index is 12.8. The van der Waals surface area contributed by atoms with Gasteiger partial charge >= 0.3 is 12.4 Å². The van der Waals surface area contributed by atoms with Crippen molar-refractivity contribution < 1.29 is 31.1 Å². The first-order valence-electron chi connectivity index (χ1n) is 9.81. The highest BCUT2D eigenvalue weighted by Crippen LogP contribution is 2.33. The Labute approximate surface area is 182 Å². The topological polar surface area (TPSA) is 12.5 Å². The Bertz CT molecular complexity index is 982. The van der Waals surface area contributed by atoms with Crippen molar-refractivity contribution in [1.82, 2.24) is 0 Å². The molecule has 170 valence electrons. The van der Waals surface area contributed by atoms with E-state index in [4.69, 9.17) is 4.74 Å². The van der Waals surface area contributed by atoms with E-state index in [-0.39, 0.29) is 0 Å². The zero-order valence-corrected chi connectivity index (χ0v) is 17.1. The Morgan fingerprint density at radius 1 is 0.719 bits per heavy atom. The van der Waals surface area contributed by atoms with Gasteiger partial charge < -0.3 is 9.64 Å². The zero-order valence-electron chi connectivity index (χ0n) is 17.1. The van der Waals surface area contributed by atoms with Gasteiger partial charge in [-0.2, -0.15) is 26.3 Å². The molecule has 0 heterocycles. The lowest BCUT2D eigenvalue weighted by molar-refractivity contribution is -0.138. The first-order valence-corrected chi connectivity index (χ1v) is 9.81. The van der Waals surface area contributed by atoms with Gasteiger partial charge in [0.15, 0.2) is 0 Å². The Balaban J connectivity index is 1.71. The number of nitrogens with zero attached hydrogens (tertiary/aromatic N) is 1. The van der Waals surface area contributed by atoms with E-state index in [9.17, 15) is 26.3 Å². The molecule has 0 aliphatic rings. The Kier molecular flexibility index (Phi) is 7.01. The largest absolute Gasteiger partial charge is 0.486 e. The molecule has 0 radical (unpaired) electrons. The van der Waals surface area contributed by atoms with Crippen LogP contribution in [-0.4, -0.2) is 13.6 Å². The molecule has 0 spiro atoms. The van der Waals surface area contributed by atoms with Crippen molar-refractivity contribution >= 4 is 5.69 Å². The summed E-state index contributed by atoms with van der Waals surface area (Å²) in [7, 11) is 1.75. The molecule has 1 atom stereocenters. The maximum absolute atomic E-state index is 12.8. The van der Waals surface area contributed by atoms with Crippen LogP contribution in [0.2, 0.25) is 0 Å². The van der Waals surface area contributed by atoms with Gasteiger partial charge in [-0.15, -0.1) is 0 Å². The van der Waals surface area contributed by atoms with E-state index in [1.807, 2.05) is 30.3 Å². The number of hydrogen-bond donors (Lipinski definition) is 0. The first-order chi connectivity index (χ1) is 15.0. The normalized spacial score (nSPS) is 13.0. The minimum atomic E-state index is -4.43. The molecule has 3 rings (SSSR count). The predicted octanol–water partition coefficient (Wildman–Crippen LogP) is 7.37. The van der Waals surface area contributed by atoms with Gasteiger partial charge in [0, 0.05) is 25.7 Å². The fourth-order valence-electron chi connectivity index (χ4n) is 3.19. The summed E-state index contributed by atoms with van der Waals surface area (Å²) in [5.74, 6) is 0.295. The zero-order chi connectivity index (χ0) is 23.4. The minimum absolute atomic E-state index is 0.295. The van der Waals surface area contributed by atoms with Crippen LogP contribution in [0.3, 0.4) is 0 Å². The van der Waals surface area contributed by atoms with Gasteiger partial charge in [-0.05, 0) is 54.1 Å². The van der Waals surface area contributed by atoms with Crippen molar-refractivity contribution in [3.8, 4) is 5.75 Å². The smallest absolute Gasteiger partial charge is 0.416 e. The minimum Gasteiger partial charge on any atom is -0.486 e. The summed E-state index contributed by atoms with van der Waals surface area (Å²) in [5.41, 5.74) is -0.0295. The second-order valence-corrected chi connectivity index (χ2v) is 7.29. The van der Waals surface area contributed by atoms with E-state index in [1.54, 1.807) is 11.9 Å². The molecule has 1 unspecified atom stereocenters. The Morgan fingerprint density at radius 3 is 1.72 bits per heavy atom. The van der Waals surface area contributed by atoms with E-state index < -0.39 is 29.6 Å². The molecule has 3 aromatic carbocycles. The number of alkyl halides is 6. The summed E-state index contributed by atoms with van der Waals surface area (Å²) in [6.07, 6.45) is -8.82. The van der Waals surface area contributed by atoms with Gasteiger partial charge in [-0.25, -0.2) is 0 Å². The number of ether oxygens (including phenoxy) is 1. The lowest BCUT2D eigenvalue weighted by atomic mass is 10.1. The van der Waals surface area contributed by atoms with Crippen LogP contribution in [0, 0.1) is 0 Å². The molecule has 32 heavy (non-hydrogen) atoms. The summed E-state index contributed by atoms with van der Waals surface area (Å²) >= 11 is 0. The average molecular weight is 453 g/mol. The van der Waals surface area contributed by atoms with Gasteiger partial charge in [0.2, 0.25) is 0 Å². The monoisotopic (exact) mass is 453 g/mol. The molecular formula is C24H21F6NO. The summed E-state index contributed by atoms with van der Waals surface area (Å²) in [6, 6.07) is 18.5. The van der Waals surface area contributed by atoms with Gasteiger partial charge in [-0.3, -0.25) is 0 Å². The van der Waals surface area contributed by atoms with E-state index in [0.717, 1.165) is 29.8 Å². The SMILES string of the molecule is CN(CCC(Oc1ccc(C(F)(F)F)cc1)c1ccccc1)c1ccc(C(F)(F)F)cc1. The molecule has 0 saturated carbocycles. The highest BCUT2D eigenvalue weighted by Gasteiger charge is 2.31. The highest BCUT2D eigenvalue weighted by molar-refractivity contribution is 5.47. The van der Waals surface area contributed by atoms with Crippen molar-refractivity contribution in [2.75, 3.05) is 18.5 Å². The molecule has 0 aliphatic carbocycles. The average Bonchev–Trinajstić information content (AvgIpc) is 2.76.